The van der Waals surface area contributed by atoms with E-state index < -0.39 is 0 Å². The molecular weight excluding hydrogens is 532 g/mol. The van der Waals surface area contributed by atoms with Crippen LogP contribution in [0, 0.1) is 27.7 Å². The molecule has 0 saturated carbocycles. The van der Waals surface area contributed by atoms with Crippen LogP contribution in [0.2, 0.25) is 0 Å². The van der Waals surface area contributed by atoms with Crippen molar-refractivity contribution in [3.05, 3.63) is 93.5 Å². The highest BCUT2D eigenvalue weighted by atomic mass is 33.1. The fourth-order valence-corrected chi connectivity index (χ4v) is 6.56. The molecule has 6 rings (SSSR count). The molecule has 0 aromatic heterocycles. The number of hydrogen-bond donors (Lipinski definition) is 0. The van der Waals surface area contributed by atoms with Gasteiger partial charge in [-0.25, -0.2) is 0 Å². The van der Waals surface area contributed by atoms with E-state index in [1.807, 2.05) is 0 Å². The van der Waals surface area contributed by atoms with Crippen LogP contribution in [0.3, 0.4) is 0 Å². The summed E-state index contributed by atoms with van der Waals surface area (Å²) >= 11 is 0. The van der Waals surface area contributed by atoms with Crippen molar-refractivity contribution in [1.82, 2.24) is 0 Å². The first kappa shape index (κ1) is 28.6. The molecule has 39 heavy (non-hydrogen) atoms. The molecule has 8 heteroatoms. The predicted octanol–water partition coefficient (Wildman–Crippen LogP) is 7.54. The molecule has 3 aliphatic heterocycles. The number of aryl methyl sites for hydroxylation is 4. The minimum atomic E-state index is -0.233. The smallest absolute Gasteiger partial charge is 0.184 e. The van der Waals surface area contributed by atoms with E-state index in [4.69, 9.17) is 28.4 Å². The van der Waals surface area contributed by atoms with E-state index in [2.05, 4.69) is 82.3 Å². The van der Waals surface area contributed by atoms with Crippen LogP contribution in [0.5, 0.6) is 0 Å². The number of ether oxygens (including phenoxy) is 6. The van der Waals surface area contributed by atoms with E-state index in [0.29, 0.717) is 39.6 Å². The highest BCUT2D eigenvalue weighted by Gasteiger charge is 2.22. The molecule has 0 N–H and O–H groups in total. The quantitative estimate of drug-likeness (QED) is 0.283. The van der Waals surface area contributed by atoms with Gasteiger partial charge in [0.2, 0.25) is 0 Å². The van der Waals surface area contributed by atoms with Crippen molar-refractivity contribution >= 4 is 21.6 Å². The van der Waals surface area contributed by atoms with Crippen molar-refractivity contribution in [3.8, 4) is 0 Å². The molecule has 0 radical (unpaired) electrons. The van der Waals surface area contributed by atoms with Crippen molar-refractivity contribution in [3.63, 3.8) is 0 Å². The molecule has 208 valence electrons. The zero-order chi connectivity index (χ0) is 27.2. The van der Waals surface area contributed by atoms with Gasteiger partial charge in [0, 0.05) is 26.5 Å². The summed E-state index contributed by atoms with van der Waals surface area (Å²) in [7, 11) is 3.47. The summed E-state index contributed by atoms with van der Waals surface area (Å²) in [4.78, 5) is 2.37. The Morgan fingerprint density at radius 3 is 1.18 bits per heavy atom. The Balaban J connectivity index is 0.000000198. The van der Waals surface area contributed by atoms with Crippen molar-refractivity contribution in [2.45, 2.75) is 56.4 Å². The lowest BCUT2D eigenvalue weighted by atomic mass is 10.1. The van der Waals surface area contributed by atoms with Crippen molar-refractivity contribution in [2.75, 3.05) is 39.6 Å². The van der Waals surface area contributed by atoms with Gasteiger partial charge in [0.15, 0.2) is 18.9 Å². The Kier molecular flexibility index (Phi) is 10.0. The highest BCUT2D eigenvalue weighted by Crippen LogP contribution is 2.41. The van der Waals surface area contributed by atoms with Crippen LogP contribution < -0.4 is 0 Å². The monoisotopic (exact) mass is 568 g/mol. The zero-order valence-electron chi connectivity index (χ0n) is 22.9. The number of rotatable bonds is 6. The fraction of sp³-hybridized carbons (Fsp3) is 0.419. The second-order valence-electron chi connectivity index (χ2n) is 9.78. The second kappa shape index (κ2) is 13.7. The van der Waals surface area contributed by atoms with Gasteiger partial charge < -0.3 is 28.4 Å². The third-order valence-corrected chi connectivity index (χ3v) is 9.18. The van der Waals surface area contributed by atoms with Gasteiger partial charge in [-0.15, -0.1) is 0 Å². The topological polar surface area (TPSA) is 55.4 Å². The molecule has 3 aromatic rings. The van der Waals surface area contributed by atoms with Gasteiger partial charge in [-0.2, -0.15) is 0 Å². The van der Waals surface area contributed by atoms with Gasteiger partial charge in [-0.05, 0) is 68.7 Å². The van der Waals surface area contributed by atoms with Crippen molar-refractivity contribution < 1.29 is 28.4 Å². The normalized spacial score (nSPS) is 18.5. The molecule has 0 unspecified atom stereocenters. The molecule has 0 amide bonds. The van der Waals surface area contributed by atoms with Crippen LogP contribution in [-0.4, -0.2) is 39.6 Å². The molecule has 0 bridgehead atoms. The lowest BCUT2D eigenvalue weighted by molar-refractivity contribution is -0.0448. The second-order valence-corrected chi connectivity index (χ2v) is 12.1. The molecule has 6 nitrogen and oxygen atoms in total. The summed E-state index contributed by atoms with van der Waals surface area (Å²) in [6.45, 7) is 12.4. The Hall–Kier alpha value is -1.88. The molecule has 3 aliphatic rings. The molecule has 3 saturated heterocycles. The molecule has 3 fully saturated rings. The molecule has 3 aromatic carbocycles. The third-order valence-electron chi connectivity index (χ3n) is 6.80. The van der Waals surface area contributed by atoms with Crippen LogP contribution in [0.1, 0.15) is 57.8 Å². The van der Waals surface area contributed by atoms with E-state index in [9.17, 15) is 0 Å². The number of benzene rings is 3. The van der Waals surface area contributed by atoms with Crippen LogP contribution in [-0.2, 0) is 28.4 Å². The molecular formula is C31H36O6S2. The lowest BCUT2D eigenvalue weighted by Crippen LogP contribution is -2.01. The van der Waals surface area contributed by atoms with Gasteiger partial charge in [0.25, 0.3) is 0 Å². The van der Waals surface area contributed by atoms with E-state index in [-0.39, 0.29) is 18.9 Å². The first-order chi connectivity index (χ1) is 19.0. The summed E-state index contributed by atoms with van der Waals surface area (Å²) in [5, 5.41) is 0. The summed E-state index contributed by atoms with van der Waals surface area (Å²) in [5.74, 6) is 0. The average Bonchev–Trinajstić information content (AvgIpc) is 3.75. The molecule has 0 aliphatic carbocycles. The Morgan fingerprint density at radius 1 is 0.462 bits per heavy atom. The molecule has 3 heterocycles. The largest absolute Gasteiger partial charge is 0.346 e. The maximum Gasteiger partial charge on any atom is 0.184 e. The number of hydrogen-bond acceptors (Lipinski definition) is 8. The van der Waals surface area contributed by atoms with E-state index >= 15 is 0 Å². The van der Waals surface area contributed by atoms with Crippen molar-refractivity contribution in [1.29, 1.82) is 0 Å². The standard InChI is InChI=1S/C20H22O4S2.C11H14O2/c1-13-3-5-15(11-17(13)19-21-7-8-22-19)25-26-16-6-4-14(2)18(12-16)20-23-9-10-24-20;1-8-3-4-9(2)10(7-8)11-12-5-6-13-11/h3-6,11-12,19-20H,7-10H2,1-2H3;3-4,7,11H,5-6H2,1-2H3. The van der Waals surface area contributed by atoms with E-state index in [1.54, 1.807) is 21.6 Å². The Bertz CT molecular complexity index is 1180. The SMILES string of the molecule is Cc1ccc(C)c(C2OCCO2)c1.Cc1ccc(SSc2ccc(C)c(C3OCCO3)c2)cc1C1OCCO1. The lowest BCUT2D eigenvalue weighted by Gasteiger charge is -2.15. The predicted molar refractivity (Wildman–Crippen MR) is 154 cm³/mol. The minimum Gasteiger partial charge on any atom is -0.346 e. The maximum absolute atomic E-state index is 5.66. The first-order valence-corrected chi connectivity index (χ1v) is 15.5. The highest BCUT2D eigenvalue weighted by molar-refractivity contribution is 8.76. The minimum absolute atomic E-state index is 0.139. The average molecular weight is 569 g/mol. The summed E-state index contributed by atoms with van der Waals surface area (Å²) in [6.07, 6.45) is -0.605. The molecule has 0 atom stereocenters. The van der Waals surface area contributed by atoms with E-state index in [0.717, 1.165) is 16.7 Å². The summed E-state index contributed by atoms with van der Waals surface area (Å²) < 4.78 is 33.5. The van der Waals surface area contributed by atoms with Crippen LogP contribution in [0.15, 0.2) is 64.4 Å². The Morgan fingerprint density at radius 2 is 0.795 bits per heavy atom. The fourth-order valence-electron chi connectivity index (χ4n) is 4.57. The maximum atomic E-state index is 5.66. The first-order valence-electron chi connectivity index (χ1n) is 13.3. The molecule has 0 spiro atoms. The van der Waals surface area contributed by atoms with Crippen molar-refractivity contribution in [2.24, 2.45) is 0 Å². The van der Waals surface area contributed by atoms with Crippen LogP contribution in [0.4, 0.5) is 0 Å². The third kappa shape index (κ3) is 7.45. The van der Waals surface area contributed by atoms with Gasteiger partial charge in [-0.3, -0.25) is 0 Å². The van der Waals surface area contributed by atoms with Crippen LogP contribution >= 0.6 is 21.6 Å². The summed E-state index contributed by atoms with van der Waals surface area (Å²) in [5.41, 5.74) is 8.27. The van der Waals surface area contributed by atoms with E-state index in [1.165, 1.54) is 32.0 Å². The van der Waals surface area contributed by atoms with Crippen LogP contribution in [0.25, 0.3) is 0 Å². The van der Waals surface area contributed by atoms with Gasteiger partial charge in [0.1, 0.15) is 0 Å². The van der Waals surface area contributed by atoms with Gasteiger partial charge >= 0.3 is 0 Å². The zero-order valence-corrected chi connectivity index (χ0v) is 24.6. The summed E-state index contributed by atoms with van der Waals surface area (Å²) in [6, 6.07) is 19.2. The van der Waals surface area contributed by atoms with Gasteiger partial charge in [0.05, 0.1) is 39.6 Å². The Labute approximate surface area is 239 Å². The van der Waals surface area contributed by atoms with Gasteiger partial charge in [-0.1, -0.05) is 57.5 Å².